The molecule has 1 N–H and O–H groups in total. The molecule has 0 aromatic carbocycles. The van der Waals surface area contributed by atoms with E-state index in [0.717, 1.165) is 13.2 Å². The summed E-state index contributed by atoms with van der Waals surface area (Å²) in [7, 11) is 0. The number of hydrogen-bond acceptors (Lipinski definition) is 3. The lowest BCUT2D eigenvalue weighted by Crippen LogP contribution is -2.53. The van der Waals surface area contributed by atoms with Crippen molar-refractivity contribution in [1.82, 2.24) is 5.32 Å². The highest BCUT2D eigenvalue weighted by Crippen LogP contribution is 2.40. The number of nitrogens with one attached hydrogen (secondary N) is 1. The second-order valence-electron chi connectivity index (χ2n) is 6.34. The molecule has 3 nitrogen and oxygen atoms in total. The molecule has 1 unspecified atom stereocenters. The second-order valence-corrected chi connectivity index (χ2v) is 6.34. The van der Waals surface area contributed by atoms with Gasteiger partial charge in [-0.15, -0.1) is 0 Å². The molecule has 0 bridgehead atoms. The Morgan fingerprint density at radius 1 is 1.22 bits per heavy atom. The Labute approximate surface area is 111 Å². The minimum Gasteiger partial charge on any atom is -0.378 e. The van der Waals surface area contributed by atoms with Crippen molar-refractivity contribution < 1.29 is 9.47 Å². The summed E-state index contributed by atoms with van der Waals surface area (Å²) in [6, 6.07) is 1.38. The molecule has 0 aromatic rings. The quantitative estimate of drug-likeness (QED) is 0.835. The van der Waals surface area contributed by atoms with Crippen molar-refractivity contribution in [1.29, 1.82) is 0 Å². The van der Waals surface area contributed by atoms with Crippen LogP contribution in [0.15, 0.2) is 0 Å². The Kier molecular flexibility index (Phi) is 3.92. The molecule has 104 valence electrons. The summed E-state index contributed by atoms with van der Waals surface area (Å²) in [6.07, 6.45) is 10.7. The highest BCUT2D eigenvalue weighted by molar-refractivity contribution is 4.96. The van der Waals surface area contributed by atoms with E-state index in [1.54, 1.807) is 0 Å². The fourth-order valence-electron chi connectivity index (χ4n) is 3.94. The maximum atomic E-state index is 6.08. The van der Waals surface area contributed by atoms with Gasteiger partial charge in [0.15, 0.2) is 0 Å². The minimum atomic E-state index is 0.249. The molecule has 2 saturated carbocycles. The van der Waals surface area contributed by atoms with Crippen LogP contribution in [0.1, 0.15) is 58.3 Å². The number of rotatable bonds is 4. The molecule has 3 aliphatic rings. The zero-order valence-electron chi connectivity index (χ0n) is 11.6. The van der Waals surface area contributed by atoms with Gasteiger partial charge in [0.05, 0.1) is 11.7 Å². The summed E-state index contributed by atoms with van der Waals surface area (Å²) in [4.78, 5) is 0. The molecule has 0 aromatic heterocycles. The lowest BCUT2D eigenvalue weighted by molar-refractivity contribution is -0.0893. The molecule has 1 saturated heterocycles. The topological polar surface area (TPSA) is 30.5 Å². The van der Waals surface area contributed by atoms with Crippen LogP contribution in [0, 0.1) is 0 Å². The van der Waals surface area contributed by atoms with Gasteiger partial charge in [0, 0.05) is 25.3 Å². The predicted molar refractivity (Wildman–Crippen MR) is 71.7 cm³/mol. The summed E-state index contributed by atoms with van der Waals surface area (Å²) < 4.78 is 11.7. The van der Waals surface area contributed by atoms with E-state index in [-0.39, 0.29) is 5.60 Å². The van der Waals surface area contributed by atoms with E-state index in [1.807, 2.05) is 0 Å². The fraction of sp³-hybridized carbons (Fsp3) is 1.00. The fourth-order valence-corrected chi connectivity index (χ4v) is 3.94. The van der Waals surface area contributed by atoms with Crippen LogP contribution in [0.4, 0.5) is 0 Å². The van der Waals surface area contributed by atoms with Crippen LogP contribution in [-0.2, 0) is 9.47 Å². The first-order valence-corrected chi connectivity index (χ1v) is 7.81. The largest absolute Gasteiger partial charge is 0.378 e. The molecule has 2 aliphatic carbocycles. The van der Waals surface area contributed by atoms with Crippen molar-refractivity contribution in [2.45, 2.75) is 82.1 Å². The summed E-state index contributed by atoms with van der Waals surface area (Å²) in [5.41, 5.74) is 0.249. The van der Waals surface area contributed by atoms with Crippen molar-refractivity contribution in [3.63, 3.8) is 0 Å². The molecular formula is C15H27NO2. The summed E-state index contributed by atoms with van der Waals surface area (Å²) >= 11 is 0. The van der Waals surface area contributed by atoms with E-state index in [9.17, 15) is 0 Å². The molecule has 1 spiro atoms. The highest BCUT2D eigenvalue weighted by Gasteiger charge is 2.41. The van der Waals surface area contributed by atoms with Gasteiger partial charge in [-0.1, -0.05) is 12.8 Å². The van der Waals surface area contributed by atoms with E-state index < -0.39 is 0 Å². The van der Waals surface area contributed by atoms with Gasteiger partial charge in [-0.3, -0.25) is 0 Å². The van der Waals surface area contributed by atoms with Gasteiger partial charge >= 0.3 is 0 Å². The first kappa shape index (κ1) is 12.9. The van der Waals surface area contributed by atoms with Crippen molar-refractivity contribution in [3.05, 3.63) is 0 Å². The van der Waals surface area contributed by atoms with Crippen LogP contribution in [0.3, 0.4) is 0 Å². The van der Waals surface area contributed by atoms with Crippen molar-refractivity contribution in [2.75, 3.05) is 13.2 Å². The minimum absolute atomic E-state index is 0.249. The molecule has 3 rings (SSSR count). The van der Waals surface area contributed by atoms with Gasteiger partial charge in [0.1, 0.15) is 0 Å². The van der Waals surface area contributed by atoms with Crippen LogP contribution in [0.2, 0.25) is 0 Å². The van der Waals surface area contributed by atoms with Crippen LogP contribution < -0.4 is 5.32 Å². The van der Waals surface area contributed by atoms with Gasteiger partial charge in [-0.2, -0.15) is 0 Å². The first-order valence-electron chi connectivity index (χ1n) is 7.81. The Morgan fingerprint density at radius 2 is 2.00 bits per heavy atom. The summed E-state index contributed by atoms with van der Waals surface area (Å²) in [5, 5.41) is 3.83. The molecule has 1 aliphatic heterocycles. The predicted octanol–water partition coefficient (Wildman–Crippen LogP) is 2.64. The van der Waals surface area contributed by atoms with Gasteiger partial charge < -0.3 is 14.8 Å². The molecule has 0 amide bonds. The lowest BCUT2D eigenvalue weighted by atomic mass is 9.85. The molecular weight excluding hydrogens is 226 g/mol. The van der Waals surface area contributed by atoms with E-state index >= 15 is 0 Å². The molecule has 3 heteroatoms. The summed E-state index contributed by atoms with van der Waals surface area (Å²) in [6.45, 7) is 3.90. The van der Waals surface area contributed by atoms with Crippen molar-refractivity contribution >= 4 is 0 Å². The molecule has 18 heavy (non-hydrogen) atoms. The summed E-state index contributed by atoms with van der Waals surface area (Å²) in [5.74, 6) is 0. The standard InChI is InChI=1S/C15H27NO2/c1-2-17-14-9-13(10-14)16-12-5-8-18-15(11-12)6-3-4-7-15/h12-14,16H,2-11H2,1H3. The highest BCUT2D eigenvalue weighted by atomic mass is 16.5. The van der Waals surface area contributed by atoms with Crippen molar-refractivity contribution in [2.24, 2.45) is 0 Å². The normalized spacial score (nSPS) is 38.8. The third-order valence-electron chi connectivity index (χ3n) is 4.98. The smallest absolute Gasteiger partial charge is 0.0697 e. The average molecular weight is 253 g/mol. The molecule has 3 fully saturated rings. The number of hydrogen-bond donors (Lipinski definition) is 1. The molecule has 1 heterocycles. The van der Waals surface area contributed by atoms with E-state index in [0.29, 0.717) is 18.2 Å². The Bertz CT molecular complexity index is 270. The SMILES string of the molecule is CCOC1CC(NC2CCOC3(CCCC3)C2)C1. The van der Waals surface area contributed by atoms with E-state index in [4.69, 9.17) is 9.47 Å². The molecule has 1 atom stereocenters. The zero-order valence-corrected chi connectivity index (χ0v) is 11.6. The molecule has 0 radical (unpaired) electrons. The van der Waals surface area contributed by atoms with E-state index in [2.05, 4.69) is 12.2 Å². The Hall–Kier alpha value is -0.120. The average Bonchev–Trinajstić information content (AvgIpc) is 2.75. The maximum Gasteiger partial charge on any atom is 0.0697 e. The van der Waals surface area contributed by atoms with Crippen LogP contribution >= 0.6 is 0 Å². The third-order valence-corrected chi connectivity index (χ3v) is 4.98. The maximum absolute atomic E-state index is 6.08. The first-order chi connectivity index (χ1) is 8.80. The van der Waals surface area contributed by atoms with Gasteiger partial charge in [0.2, 0.25) is 0 Å². The van der Waals surface area contributed by atoms with Crippen LogP contribution in [0.25, 0.3) is 0 Å². The van der Waals surface area contributed by atoms with Gasteiger partial charge in [-0.05, 0) is 45.4 Å². The van der Waals surface area contributed by atoms with Gasteiger partial charge in [-0.25, -0.2) is 0 Å². The Balaban J connectivity index is 1.43. The Morgan fingerprint density at radius 3 is 2.72 bits per heavy atom. The van der Waals surface area contributed by atoms with Crippen LogP contribution in [-0.4, -0.2) is 37.0 Å². The number of ether oxygens (including phenoxy) is 2. The van der Waals surface area contributed by atoms with E-state index in [1.165, 1.54) is 51.4 Å². The second kappa shape index (κ2) is 5.48. The zero-order chi connectivity index (χ0) is 12.4. The van der Waals surface area contributed by atoms with Crippen LogP contribution in [0.5, 0.6) is 0 Å². The third kappa shape index (κ3) is 2.73. The van der Waals surface area contributed by atoms with Gasteiger partial charge in [0.25, 0.3) is 0 Å². The lowest BCUT2D eigenvalue weighted by Gasteiger charge is -2.43. The van der Waals surface area contributed by atoms with Crippen molar-refractivity contribution in [3.8, 4) is 0 Å². The monoisotopic (exact) mass is 253 g/mol.